The fourth-order valence-corrected chi connectivity index (χ4v) is 4.57. The summed E-state index contributed by atoms with van der Waals surface area (Å²) < 4.78 is 22.7. The summed E-state index contributed by atoms with van der Waals surface area (Å²) in [6.45, 7) is 1.14. The van der Waals surface area contributed by atoms with Crippen LogP contribution in [-0.2, 0) is 12.8 Å². The first-order valence-electron chi connectivity index (χ1n) is 8.76. The lowest BCUT2D eigenvalue weighted by atomic mass is 9.76. The molecule has 0 aromatic heterocycles. The molecule has 136 valence electrons. The topological polar surface area (TPSA) is 60.4 Å². The van der Waals surface area contributed by atoms with Gasteiger partial charge in [0.1, 0.15) is 0 Å². The molecule has 0 amide bonds. The molecule has 1 atom stereocenters. The maximum atomic E-state index is 10.4. The molecule has 1 N–H and O–H groups in total. The Balaban J connectivity index is 1.87. The number of hydrogen-bond donors (Lipinski definition) is 1. The molecule has 3 aliphatic rings. The number of phenols is 1. The Morgan fingerprint density at radius 3 is 2.73 bits per heavy atom. The summed E-state index contributed by atoms with van der Waals surface area (Å²) in [5.74, 6) is 2.80. The molecule has 2 aromatic carbocycles. The van der Waals surface area contributed by atoms with Crippen LogP contribution in [-0.4, -0.2) is 44.6 Å². The third kappa shape index (κ3) is 1.90. The van der Waals surface area contributed by atoms with Gasteiger partial charge in [-0.1, -0.05) is 0 Å². The highest BCUT2D eigenvalue weighted by Gasteiger charge is 2.41. The highest BCUT2D eigenvalue weighted by atomic mass is 16.7. The van der Waals surface area contributed by atoms with Gasteiger partial charge in [0, 0.05) is 23.7 Å². The molecular weight excluding hydrogens is 334 g/mol. The van der Waals surface area contributed by atoms with Gasteiger partial charge in [0.25, 0.3) is 0 Å². The van der Waals surface area contributed by atoms with Crippen LogP contribution in [0.3, 0.4) is 0 Å². The normalized spacial score (nSPS) is 19.7. The summed E-state index contributed by atoms with van der Waals surface area (Å²) in [5, 5.41) is 10.4. The zero-order chi connectivity index (χ0) is 18.0. The van der Waals surface area contributed by atoms with Gasteiger partial charge in [0.05, 0.1) is 14.2 Å². The van der Waals surface area contributed by atoms with Crippen molar-refractivity contribution in [3.8, 4) is 39.9 Å². The molecule has 0 fully saturated rings. The smallest absolute Gasteiger partial charge is 0.231 e. The number of nitrogens with zero attached hydrogens (tertiary/aromatic N) is 1. The standard InChI is InChI=1S/C20H21NO5/c1-21-5-4-11-16-13(21)6-10-7-15(23-2)14(22)8-12(10)17(16)19-20(18(11)24-3)26-9-25-19/h7-8,13,22H,4-6,9H2,1-3H3. The second-order valence-corrected chi connectivity index (χ2v) is 7.00. The summed E-state index contributed by atoms with van der Waals surface area (Å²) in [5.41, 5.74) is 5.56. The van der Waals surface area contributed by atoms with Crippen molar-refractivity contribution in [1.29, 1.82) is 0 Å². The van der Waals surface area contributed by atoms with Crippen molar-refractivity contribution in [3.05, 3.63) is 28.8 Å². The number of hydrogen-bond acceptors (Lipinski definition) is 6. The minimum absolute atomic E-state index is 0.131. The summed E-state index contributed by atoms with van der Waals surface area (Å²) in [6.07, 6.45) is 1.75. The van der Waals surface area contributed by atoms with Crippen LogP contribution in [0.4, 0.5) is 0 Å². The Morgan fingerprint density at radius 1 is 1.15 bits per heavy atom. The molecule has 26 heavy (non-hydrogen) atoms. The minimum atomic E-state index is 0.131. The van der Waals surface area contributed by atoms with E-state index in [4.69, 9.17) is 18.9 Å². The van der Waals surface area contributed by atoms with Crippen LogP contribution in [0.1, 0.15) is 22.7 Å². The van der Waals surface area contributed by atoms with Gasteiger partial charge >= 0.3 is 0 Å². The van der Waals surface area contributed by atoms with Crippen LogP contribution < -0.4 is 18.9 Å². The number of likely N-dealkylation sites (N-methyl/N-ethyl adjacent to an activating group) is 1. The molecule has 2 heterocycles. The van der Waals surface area contributed by atoms with Crippen LogP contribution in [0.15, 0.2) is 12.1 Å². The first-order valence-corrected chi connectivity index (χ1v) is 8.76. The first-order chi connectivity index (χ1) is 12.6. The van der Waals surface area contributed by atoms with Gasteiger partial charge in [-0.2, -0.15) is 0 Å². The number of rotatable bonds is 2. The first kappa shape index (κ1) is 15.6. The average molecular weight is 355 g/mol. The van der Waals surface area contributed by atoms with Crippen LogP contribution in [0.5, 0.6) is 28.7 Å². The molecule has 6 heteroatoms. The molecule has 0 saturated heterocycles. The van der Waals surface area contributed by atoms with E-state index < -0.39 is 0 Å². The second kappa shape index (κ2) is 5.45. The maximum absolute atomic E-state index is 10.4. The number of benzene rings is 2. The van der Waals surface area contributed by atoms with Gasteiger partial charge in [-0.15, -0.1) is 0 Å². The molecule has 0 spiro atoms. The third-order valence-corrected chi connectivity index (χ3v) is 5.79. The lowest BCUT2D eigenvalue weighted by Crippen LogP contribution is -2.35. The monoisotopic (exact) mass is 355 g/mol. The zero-order valence-electron chi connectivity index (χ0n) is 15.1. The summed E-state index contributed by atoms with van der Waals surface area (Å²) in [4.78, 5) is 2.37. The number of phenolic OH excluding ortho intramolecular Hbond substituents is 1. The SMILES string of the molecule is COc1cc2c(cc1O)-c1c3c(c(OC)c4c1C(C2)N(C)CC4)OCO3. The highest BCUT2D eigenvalue weighted by Crippen LogP contribution is 2.58. The van der Waals surface area contributed by atoms with Crippen molar-refractivity contribution in [3.63, 3.8) is 0 Å². The van der Waals surface area contributed by atoms with E-state index in [1.54, 1.807) is 20.3 Å². The van der Waals surface area contributed by atoms with Gasteiger partial charge < -0.3 is 24.1 Å². The highest BCUT2D eigenvalue weighted by molar-refractivity contribution is 5.87. The molecule has 2 aromatic rings. The summed E-state index contributed by atoms with van der Waals surface area (Å²) >= 11 is 0. The van der Waals surface area contributed by atoms with Crippen LogP contribution >= 0.6 is 0 Å². The average Bonchev–Trinajstić information content (AvgIpc) is 3.12. The molecule has 0 bridgehead atoms. The number of fused-ring (bicyclic) bond motifs is 4. The fourth-order valence-electron chi connectivity index (χ4n) is 4.57. The van der Waals surface area contributed by atoms with Crippen molar-refractivity contribution >= 4 is 0 Å². The van der Waals surface area contributed by atoms with Gasteiger partial charge in [0.2, 0.25) is 12.5 Å². The maximum Gasteiger partial charge on any atom is 0.231 e. The van der Waals surface area contributed by atoms with E-state index in [9.17, 15) is 5.11 Å². The Kier molecular flexibility index (Phi) is 3.28. The Morgan fingerprint density at radius 2 is 1.96 bits per heavy atom. The van der Waals surface area contributed by atoms with Gasteiger partial charge in [-0.3, -0.25) is 4.90 Å². The molecule has 6 nitrogen and oxygen atoms in total. The molecule has 0 radical (unpaired) electrons. The molecule has 0 saturated carbocycles. The number of methoxy groups -OCH3 is 2. The molecule has 1 unspecified atom stereocenters. The summed E-state index contributed by atoms with van der Waals surface area (Å²) in [7, 11) is 5.40. The van der Waals surface area contributed by atoms with Crippen LogP contribution in [0.2, 0.25) is 0 Å². The van der Waals surface area contributed by atoms with E-state index in [0.29, 0.717) is 17.2 Å². The Hall–Kier alpha value is -2.60. The van der Waals surface area contributed by atoms with Crippen molar-refractivity contribution in [1.82, 2.24) is 4.90 Å². The fraction of sp³-hybridized carbons (Fsp3) is 0.400. The number of ether oxygens (including phenoxy) is 4. The summed E-state index contributed by atoms with van der Waals surface area (Å²) in [6, 6.07) is 3.95. The van der Waals surface area contributed by atoms with Crippen molar-refractivity contribution in [2.24, 2.45) is 0 Å². The van der Waals surface area contributed by atoms with Gasteiger partial charge in [0.15, 0.2) is 23.0 Å². The van der Waals surface area contributed by atoms with E-state index in [1.165, 1.54) is 11.1 Å². The van der Waals surface area contributed by atoms with Crippen molar-refractivity contribution in [2.45, 2.75) is 18.9 Å². The van der Waals surface area contributed by atoms with E-state index >= 15 is 0 Å². The van der Waals surface area contributed by atoms with Crippen LogP contribution in [0, 0.1) is 0 Å². The van der Waals surface area contributed by atoms with E-state index in [0.717, 1.165) is 41.8 Å². The van der Waals surface area contributed by atoms with E-state index in [1.807, 2.05) is 6.07 Å². The molecule has 2 aliphatic heterocycles. The van der Waals surface area contributed by atoms with Gasteiger partial charge in [-0.05, 0) is 48.7 Å². The third-order valence-electron chi connectivity index (χ3n) is 5.79. The lowest BCUT2D eigenvalue weighted by molar-refractivity contribution is 0.171. The second-order valence-electron chi connectivity index (χ2n) is 7.00. The molecule has 5 rings (SSSR count). The van der Waals surface area contributed by atoms with E-state index in [-0.39, 0.29) is 18.6 Å². The van der Waals surface area contributed by atoms with Crippen molar-refractivity contribution < 1.29 is 24.1 Å². The predicted octanol–water partition coefficient (Wildman–Crippen LogP) is 2.89. The molecule has 1 aliphatic carbocycles. The van der Waals surface area contributed by atoms with E-state index in [2.05, 4.69) is 11.9 Å². The zero-order valence-corrected chi connectivity index (χ0v) is 15.1. The molecular formula is C20H21NO5. The predicted molar refractivity (Wildman–Crippen MR) is 95.5 cm³/mol. The quantitative estimate of drug-likeness (QED) is 0.894. The minimum Gasteiger partial charge on any atom is -0.504 e. The van der Waals surface area contributed by atoms with Crippen molar-refractivity contribution in [2.75, 3.05) is 34.6 Å². The number of aromatic hydroxyl groups is 1. The largest absolute Gasteiger partial charge is 0.504 e. The van der Waals surface area contributed by atoms with Crippen LogP contribution in [0.25, 0.3) is 11.1 Å². The van der Waals surface area contributed by atoms with Gasteiger partial charge in [-0.25, -0.2) is 0 Å². The Labute approximate surface area is 151 Å². The lowest BCUT2D eigenvalue weighted by Gasteiger charge is -2.40. The Bertz CT molecular complexity index is 923.